The molecule has 1 N–H and O–H groups in total. The number of ether oxygens (including phenoxy) is 9. The zero-order chi connectivity index (χ0) is 22.5. The highest BCUT2D eigenvalue weighted by molar-refractivity contribution is 7.80. The molecule has 0 heterocycles. The van der Waals surface area contributed by atoms with E-state index in [-0.39, 0.29) is 6.61 Å². The fourth-order valence-electron chi connectivity index (χ4n) is 1.99. The van der Waals surface area contributed by atoms with Gasteiger partial charge in [-0.05, 0) is 0 Å². The fraction of sp³-hybridized carbons (Fsp3) is 1.00. The van der Waals surface area contributed by atoms with Crippen molar-refractivity contribution in [2.75, 3.05) is 131 Å². The smallest absolute Gasteiger partial charge is 0.0701 e. The quantitative estimate of drug-likeness (QED) is 0.119. The lowest BCUT2D eigenvalue weighted by molar-refractivity contribution is -0.0253. The van der Waals surface area contributed by atoms with E-state index in [1.54, 1.807) is 0 Å². The van der Waals surface area contributed by atoms with Gasteiger partial charge in [0.25, 0.3) is 0 Å². The normalized spacial score (nSPS) is 11.4. The first kappa shape index (κ1) is 30.9. The summed E-state index contributed by atoms with van der Waals surface area (Å²) in [4.78, 5) is 0. The van der Waals surface area contributed by atoms with E-state index in [9.17, 15) is 0 Å². The Kier molecular flexibility index (Phi) is 29.9. The van der Waals surface area contributed by atoms with Crippen molar-refractivity contribution in [2.45, 2.75) is 0 Å². The Labute approximate surface area is 192 Å². The third-order valence-corrected chi connectivity index (χ3v) is 3.63. The van der Waals surface area contributed by atoms with Gasteiger partial charge in [0.1, 0.15) is 0 Å². The maximum Gasteiger partial charge on any atom is 0.0701 e. The molecule has 0 aromatic carbocycles. The lowest BCUT2D eigenvalue weighted by Gasteiger charge is -2.08. The number of aliphatic hydroxyl groups is 1. The maximum atomic E-state index is 8.54. The molecule has 0 aliphatic carbocycles. The van der Waals surface area contributed by atoms with Crippen molar-refractivity contribution >= 4 is 12.6 Å². The van der Waals surface area contributed by atoms with Crippen molar-refractivity contribution in [3.8, 4) is 0 Å². The van der Waals surface area contributed by atoms with E-state index >= 15 is 0 Å². The molecule has 0 rings (SSSR count). The molecule has 31 heavy (non-hydrogen) atoms. The van der Waals surface area contributed by atoms with Gasteiger partial charge in [-0.15, -0.1) is 0 Å². The van der Waals surface area contributed by atoms with Gasteiger partial charge in [-0.1, -0.05) is 0 Å². The second kappa shape index (κ2) is 29.9. The second-order valence-electron chi connectivity index (χ2n) is 5.96. The first-order valence-corrected chi connectivity index (χ1v) is 11.5. The summed E-state index contributed by atoms with van der Waals surface area (Å²) >= 11 is 4.05. The number of thiol groups is 1. The first-order valence-electron chi connectivity index (χ1n) is 10.8. The summed E-state index contributed by atoms with van der Waals surface area (Å²) in [7, 11) is 0. The Bertz CT molecular complexity index is 288. The van der Waals surface area contributed by atoms with Crippen molar-refractivity contribution in [1.29, 1.82) is 0 Å². The Morgan fingerprint density at radius 3 is 0.710 bits per heavy atom. The zero-order valence-corrected chi connectivity index (χ0v) is 19.6. The molecule has 11 heteroatoms. The number of hydrogen-bond acceptors (Lipinski definition) is 11. The predicted octanol–water partition coefficient (Wildman–Crippen LogP) is 0.0579. The third kappa shape index (κ3) is 29.9. The van der Waals surface area contributed by atoms with E-state index in [0.29, 0.717) is 119 Å². The van der Waals surface area contributed by atoms with Gasteiger partial charge in [0.2, 0.25) is 0 Å². The molecular weight excluding hydrogens is 432 g/mol. The summed E-state index contributed by atoms with van der Waals surface area (Å²) in [5, 5.41) is 8.54. The highest BCUT2D eigenvalue weighted by atomic mass is 32.1. The molecule has 188 valence electrons. The van der Waals surface area contributed by atoms with Crippen molar-refractivity contribution in [1.82, 2.24) is 0 Å². The standard InChI is InChI=1S/C20H42O10S/c21-1-2-22-3-4-23-5-6-24-7-8-25-9-10-26-11-12-27-13-14-28-15-16-29-17-18-30-19-20-31/h21,31H,1-20H2. The first-order chi connectivity index (χ1) is 15.4. The van der Waals surface area contributed by atoms with Crippen LogP contribution in [-0.4, -0.2) is 136 Å². The van der Waals surface area contributed by atoms with Crippen LogP contribution in [0.2, 0.25) is 0 Å². The van der Waals surface area contributed by atoms with E-state index in [0.717, 1.165) is 5.75 Å². The molecular formula is C20H42O10S. The van der Waals surface area contributed by atoms with Gasteiger partial charge in [-0.2, -0.15) is 12.6 Å². The Hall–Kier alpha value is -0.0500. The number of aliphatic hydroxyl groups excluding tert-OH is 1. The molecule has 0 spiro atoms. The third-order valence-electron chi connectivity index (χ3n) is 3.45. The largest absolute Gasteiger partial charge is 0.394 e. The van der Waals surface area contributed by atoms with Gasteiger partial charge in [0.15, 0.2) is 0 Å². The van der Waals surface area contributed by atoms with Crippen LogP contribution >= 0.6 is 12.6 Å². The lowest BCUT2D eigenvalue weighted by atomic mass is 10.6. The van der Waals surface area contributed by atoms with E-state index in [1.165, 1.54) is 0 Å². The maximum absolute atomic E-state index is 8.54. The minimum Gasteiger partial charge on any atom is -0.394 e. The molecule has 0 aliphatic rings. The SMILES string of the molecule is OCCOCCOCCOCCOCCOCCOCCOCCOCCOCCS. The average Bonchev–Trinajstić information content (AvgIpc) is 2.78. The van der Waals surface area contributed by atoms with Crippen LogP contribution < -0.4 is 0 Å². The van der Waals surface area contributed by atoms with Crippen LogP contribution in [0.15, 0.2) is 0 Å². The molecule has 0 aromatic rings. The van der Waals surface area contributed by atoms with Crippen LogP contribution in [0.3, 0.4) is 0 Å². The molecule has 0 fully saturated rings. The van der Waals surface area contributed by atoms with Crippen molar-refractivity contribution < 1.29 is 47.7 Å². The minimum absolute atomic E-state index is 0.0309. The summed E-state index contributed by atoms with van der Waals surface area (Å²) in [6.45, 7) is 9.45. The fourth-order valence-corrected chi connectivity index (χ4v) is 2.12. The average molecular weight is 475 g/mol. The molecule has 0 aromatic heterocycles. The van der Waals surface area contributed by atoms with Gasteiger partial charge >= 0.3 is 0 Å². The molecule has 0 amide bonds. The van der Waals surface area contributed by atoms with Crippen LogP contribution in [0.1, 0.15) is 0 Å². The summed E-state index contributed by atoms with van der Waals surface area (Å²) in [5.74, 6) is 0.722. The van der Waals surface area contributed by atoms with Gasteiger partial charge in [0.05, 0.1) is 126 Å². The Morgan fingerprint density at radius 2 is 0.516 bits per heavy atom. The zero-order valence-electron chi connectivity index (χ0n) is 18.7. The van der Waals surface area contributed by atoms with Crippen LogP contribution in [0.25, 0.3) is 0 Å². The summed E-state index contributed by atoms with van der Waals surface area (Å²) in [5.41, 5.74) is 0. The topological polar surface area (TPSA) is 103 Å². The van der Waals surface area contributed by atoms with Crippen molar-refractivity contribution in [3.05, 3.63) is 0 Å². The summed E-state index contributed by atoms with van der Waals surface area (Å²) < 4.78 is 48.0. The monoisotopic (exact) mass is 474 g/mol. The van der Waals surface area contributed by atoms with Gasteiger partial charge < -0.3 is 47.7 Å². The van der Waals surface area contributed by atoms with Crippen LogP contribution in [0, 0.1) is 0 Å². The van der Waals surface area contributed by atoms with Gasteiger partial charge in [-0.3, -0.25) is 0 Å². The molecule has 0 bridgehead atoms. The molecule has 0 unspecified atom stereocenters. The molecule has 0 radical (unpaired) electrons. The molecule has 0 saturated heterocycles. The summed E-state index contributed by atoms with van der Waals surface area (Å²) in [6.07, 6.45) is 0. The van der Waals surface area contributed by atoms with Gasteiger partial charge in [0, 0.05) is 5.75 Å². The molecule has 0 saturated carbocycles. The Morgan fingerprint density at radius 1 is 0.323 bits per heavy atom. The highest BCUT2D eigenvalue weighted by Gasteiger charge is 1.95. The predicted molar refractivity (Wildman–Crippen MR) is 118 cm³/mol. The molecule has 0 atom stereocenters. The molecule has 0 aliphatic heterocycles. The van der Waals surface area contributed by atoms with Gasteiger partial charge in [-0.25, -0.2) is 0 Å². The Balaban J connectivity index is 2.98. The van der Waals surface area contributed by atoms with Crippen LogP contribution in [0.4, 0.5) is 0 Å². The van der Waals surface area contributed by atoms with E-state index in [1.807, 2.05) is 0 Å². The summed E-state index contributed by atoms with van der Waals surface area (Å²) in [6, 6.07) is 0. The lowest BCUT2D eigenvalue weighted by Crippen LogP contribution is -2.15. The van der Waals surface area contributed by atoms with E-state index < -0.39 is 0 Å². The van der Waals surface area contributed by atoms with E-state index in [2.05, 4.69) is 12.6 Å². The van der Waals surface area contributed by atoms with E-state index in [4.69, 9.17) is 47.7 Å². The number of hydrogen-bond donors (Lipinski definition) is 2. The van der Waals surface area contributed by atoms with Crippen molar-refractivity contribution in [3.63, 3.8) is 0 Å². The van der Waals surface area contributed by atoms with Crippen molar-refractivity contribution in [2.24, 2.45) is 0 Å². The molecule has 10 nitrogen and oxygen atoms in total. The van der Waals surface area contributed by atoms with Crippen LogP contribution in [-0.2, 0) is 42.6 Å². The van der Waals surface area contributed by atoms with Crippen LogP contribution in [0.5, 0.6) is 0 Å². The highest BCUT2D eigenvalue weighted by Crippen LogP contribution is 1.86. The second-order valence-corrected chi connectivity index (χ2v) is 6.41. The number of rotatable bonds is 28. The minimum atomic E-state index is 0.0309.